The predicted molar refractivity (Wildman–Crippen MR) is 52.3 cm³/mol. The van der Waals surface area contributed by atoms with Crippen LogP contribution in [0.25, 0.3) is 0 Å². The third kappa shape index (κ3) is 1.51. The molecule has 3 nitrogen and oxygen atoms in total. The highest BCUT2D eigenvalue weighted by Crippen LogP contribution is 2.23. The van der Waals surface area contributed by atoms with Crippen molar-refractivity contribution in [2.45, 2.75) is 26.6 Å². The molecule has 1 amide bonds. The Balaban J connectivity index is 2.27. The minimum Gasteiger partial charge on any atom is -0.392 e. The van der Waals surface area contributed by atoms with Crippen molar-refractivity contribution in [3.05, 3.63) is 34.9 Å². The van der Waals surface area contributed by atoms with E-state index in [2.05, 4.69) is 0 Å². The van der Waals surface area contributed by atoms with E-state index in [1.807, 2.05) is 18.2 Å². The van der Waals surface area contributed by atoms with Gasteiger partial charge in [-0.05, 0) is 16.7 Å². The van der Waals surface area contributed by atoms with Gasteiger partial charge in [0.25, 0.3) is 0 Å². The predicted octanol–water partition coefficient (Wildman–Crippen LogP) is 1.04. The maximum Gasteiger partial charge on any atom is 0.220 e. The van der Waals surface area contributed by atoms with Crippen molar-refractivity contribution in [2.75, 3.05) is 0 Å². The summed E-state index contributed by atoms with van der Waals surface area (Å²) >= 11 is 0. The van der Waals surface area contributed by atoms with Crippen LogP contribution in [0.2, 0.25) is 0 Å². The van der Waals surface area contributed by atoms with Crippen LogP contribution in [0.5, 0.6) is 0 Å². The van der Waals surface area contributed by atoms with E-state index >= 15 is 0 Å². The largest absolute Gasteiger partial charge is 0.392 e. The summed E-state index contributed by atoms with van der Waals surface area (Å²) in [5.41, 5.74) is 3.26. The highest BCUT2D eigenvalue weighted by molar-refractivity contribution is 5.74. The van der Waals surface area contributed by atoms with Crippen molar-refractivity contribution in [2.24, 2.45) is 0 Å². The lowest BCUT2D eigenvalue weighted by atomic mass is 10.1. The van der Waals surface area contributed by atoms with Crippen molar-refractivity contribution < 1.29 is 9.90 Å². The fourth-order valence-electron chi connectivity index (χ4n) is 1.77. The van der Waals surface area contributed by atoms with E-state index < -0.39 is 0 Å². The fraction of sp³-hybridized carbons (Fsp3) is 0.364. The maximum absolute atomic E-state index is 11.1. The molecule has 1 aliphatic heterocycles. The first-order chi connectivity index (χ1) is 6.70. The summed E-state index contributed by atoms with van der Waals surface area (Å²) in [4.78, 5) is 12.9. The van der Waals surface area contributed by atoms with E-state index in [4.69, 9.17) is 5.11 Å². The summed E-state index contributed by atoms with van der Waals surface area (Å²) in [6.07, 6.45) is 0. The molecule has 0 atom stereocenters. The topological polar surface area (TPSA) is 40.5 Å². The number of carbonyl (C=O) groups excluding carboxylic acids is 1. The molecule has 1 aliphatic rings. The highest BCUT2D eigenvalue weighted by Gasteiger charge is 2.20. The van der Waals surface area contributed by atoms with E-state index in [9.17, 15) is 4.79 Å². The fourth-order valence-corrected chi connectivity index (χ4v) is 1.77. The van der Waals surface area contributed by atoms with E-state index in [0.29, 0.717) is 13.1 Å². The number of aliphatic hydroxyl groups is 1. The van der Waals surface area contributed by atoms with Crippen LogP contribution in [0.4, 0.5) is 0 Å². The molecule has 1 aromatic carbocycles. The van der Waals surface area contributed by atoms with E-state index in [0.717, 1.165) is 11.1 Å². The van der Waals surface area contributed by atoms with Crippen molar-refractivity contribution in [3.8, 4) is 0 Å². The second-order valence-corrected chi connectivity index (χ2v) is 3.64. The van der Waals surface area contributed by atoms with Crippen LogP contribution < -0.4 is 0 Å². The van der Waals surface area contributed by atoms with Gasteiger partial charge in [-0.3, -0.25) is 4.79 Å². The average molecular weight is 191 g/mol. The molecule has 0 unspecified atom stereocenters. The standard InChI is InChI=1S/C11H13NO2/c1-8(14)12-5-10-3-2-9(7-13)4-11(10)6-12/h2-4,13H,5-7H2,1H3. The van der Waals surface area contributed by atoms with Gasteiger partial charge >= 0.3 is 0 Å². The first-order valence-electron chi connectivity index (χ1n) is 4.68. The number of nitrogens with zero attached hydrogens (tertiary/aromatic N) is 1. The van der Waals surface area contributed by atoms with E-state index in [-0.39, 0.29) is 12.5 Å². The molecule has 0 aliphatic carbocycles. The van der Waals surface area contributed by atoms with Gasteiger partial charge in [-0.15, -0.1) is 0 Å². The minimum atomic E-state index is 0.0628. The Morgan fingerprint density at radius 2 is 2.14 bits per heavy atom. The molecule has 1 N–H and O–H groups in total. The van der Waals surface area contributed by atoms with Gasteiger partial charge in [0.15, 0.2) is 0 Å². The van der Waals surface area contributed by atoms with Crippen molar-refractivity contribution in [3.63, 3.8) is 0 Å². The molecule has 2 rings (SSSR count). The zero-order chi connectivity index (χ0) is 10.1. The SMILES string of the molecule is CC(=O)N1Cc2ccc(CO)cc2C1. The first-order valence-corrected chi connectivity index (χ1v) is 4.68. The second-order valence-electron chi connectivity index (χ2n) is 3.64. The Hall–Kier alpha value is -1.35. The molecule has 74 valence electrons. The van der Waals surface area contributed by atoms with Gasteiger partial charge in [-0.2, -0.15) is 0 Å². The van der Waals surface area contributed by atoms with Crippen molar-refractivity contribution in [1.29, 1.82) is 0 Å². The molecule has 0 aromatic heterocycles. The Morgan fingerprint density at radius 1 is 1.43 bits per heavy atom. The van der Waals surface area contributed by atoms with E-state index in [1.165, 1.54) is 5.56 Å². The molecule has 0 saturated carbocycles. The van der Waals surface area contributed by atoms with Gasteiger partial charge in [0.1, 0.15) is 0 Å². The normalized spacial score (nSPS) is 14.3. The molecule has 0 fully saturated rings. The molecule has 3 heteroatoms. The Kier molecular flexibility index (Phi) is 2.25. The van der Waals surface area contributed by atoms with Crippen molar-refractivity contribution in [1.82, 2.24) is 4.90 Å². The lowest BCUT2D eigenvalue weighted by molar-refractivity contribution is -0.129. The van der Waals surface area contributed by atoms with Crippen LogP contribution in [0.3, 0.4) is 0 Å². The molecule has 0 radical (unpaired) electrons. The molecule has 1 aromatic rings. The molecule has 0 bridgehead atoms. The Bertz CT molecular complexity index is 374. The number of aliphatic hydroxyl groups excluding tert-OH is 1. The molecule has 14 heavy (non-hydrogen) atoms. The summed E-state index contributed by atoms with van der Waals surface area (Å²) in [7, 11) is 0. The lowest BCUT2D eigenvalue weighted by Crippen LogP contribution is -2.21. The van der Waals surface area contributed by atoms with Crippen LogP contribution in [-0.2, 0) is 24.5 Å². The zero-order valence-corrected chi connectivity index (χ0v) is 8.16. The highest BCUT2D eigenvalue weighted by atomic mass is 16.3. The Labute approximate surface area is 83.0 Å². The number of fused-ring (bicyclic) bond motifs is 1. The van der Waals surface area contributed by atoms with Crippen molar-refractivity contribution >= 4 is 5.91 Å². The van der Waals surface area contributed by atoms with Gasteiger partial charge in [0.2, 0.25) is 5.91 Å². The first kappa shape index (κ1) is 9.21. The van der Waals surface area contributed by atoms with Crippen LogP contribution in [0.1, 0.15) is 23.6 Å². The number of hydrogen-bond acceptors (Lipinski definition) is 2. The molecule has 0 spiro atoms. The third-order valence-corrected chi connectivity index (χ3v) is 2.62. The summed E-state index contributed by atoms with van der Waals surface area (Å²) < 4.78 is 0. The molecular weight excluding hydrogens is 178 g/mol. The maximum atomic E-state index is 11.1. The number of benzene rings is 1. The Morgan fingerprint density at radius 3 is 2.79 bits per heavy atom. The number of carbonyl (C=O) groups is 1. The average Bonchev–Trinajstić information content (AvgIpc) is 2.59. The lowest BCUT2D eigenvalue weighted by Gasteiger charge is -2.10. The third-order valence-electron chi connectivity index (χ3n) is 2.62. The summed E-state index contributed by atoms with van der Waals surface area (Å²) in [5, 5.41) is 8.96. The smallest absolute Gasteiger partial charge is 0.220 e. The van der Waals surface area contributed by atoms with Crippen LogP contribution in [0.15, 0.2) is 18.2 Å². The number of hydrogen-bond donors (Lipinski definition) is 1. The molecule has 1 heterocycles. The quantitative estimate of drug-likeness (QED) is 0.720. The summed E-state index contributed by atoms with van der Waals surface area (Å²) in [5.74, 6) is 0.103. The van der Waals surface area contributed by atoms with Gasteiger partial charge < -0.3 is 10.0 Å². The van der Waals surface area contributed by atoms with Gasteiger partial charge in [-0.1, -0.05) is 18.2 Å². The summed E-state index contributed by atoms with van der Waals surface area (Å²) in [6.45, 7) is 3.03. The van der Waals surface area contributed by atoms with Crippen LogP contribution in [0, 0.1) is 0 Å². The molecular formula is C11H13NO2. The van der Waals surface area contributed by atoms with Gasteiger partial charge in [0, 0.05) is 20.0 Å². The number of amides is 1. The zero-order valence-electron chi connectivity index (χ0n) is 8.16. The minimum absolute atomic E-state index is 0.0628. The van der Waals surface area contributed by atoms with E-state index in [1.54, 1.807) is 11.8 Å². The number of rotatable bonds is 1. The summed E-state index contributed by atoms with van der Waals surface area (Å²) in [6, 6.07) is 5.87. The second kappa shape index (κ2) is 3.42. The van der Waals surface area contributed by atoms with Crippen LogP contribution in [-0.4, -0.2) is 15.9 Å². The van der Waals surface area contributed by atoms with Gasteiger partial charge in [0.05, 0.1) is 6.61 Å². The monoisotopic (exact) mass is 191 g/mol. The molecule has 0 saturated heterocycles. The van der Waals surface area contributed by atoms with Crippen LogP contribution >= 0.6 is 0 Å². The van der Waals surface area contributed by atoms with Gasteiger partial charge in [-0.25, -0.2) is 0 Å².